The Morgan fingerprint density at radius 3 is 1.79 bits per heavy atom. The summed E-state index contributed by atoms with van der Waals surface area (Å²) < 4.78 is 1.33. The lowest BCUT2D eigenvalue weighted by atomic mass is 10.2. The van der Waals surface area contributed by atoms with E-state index in [9.17, 15) is 25.2 Å². The van der Waals surface area contributed by atoms with Crippen molar-refractivity contribution in [3.05, 3.63) is 134 Å². The number of hydrogen-bond acceptors (Lipinski definition) is 10. The van der Waals surface area contributed by atoms with Gasteiger partial charge in [-0.2, -0.15) is 9.46 Å². The summed E-state index contributed by atoms with van der Waals surface area (Å²) in [4.78, 5) is 35.5. The van der Waals surface area contributed by atoms with Gasteiger partial charge in [0.05, 0.1) is 34.2 Å². The summed E-state index contributed by atoms with van der Waals surface area (Å²) in [7, 11) is 0. The Balaban J connectivity index is 1.44. The molecular weight excluding hydrogens is 538 g/mol. The molecule has 0 radical (unpaired) electrons. The summed E-state index contributed by atoms with van der Waals surface area (Å²) in [5.74, 6) is 0. The fourth-order valence-electron chi connectivity index (χ4n) is 5.12. The van der Waals surface area contributed by atoms with Crippen LogP contribution < -0.4 is 11.1 Å². The van der Waals surface area contributed by atoms with Gasteiger partial charge in [0, 0.05) is 71.0 Å². The van der Waals surface area contributed by atoms with Gasteiger partial charge in [-0.15, -0.1) is 0 Å². The molecule has 0 saturated carbocycles. The molecule has 0 amide bonds. The van der Waals surface area contributed by atoms with Crippen LogP contribution in [0.5, 0.6) is 0 Å². The fourth-order valence-corrected chi connectivity index (χ4v) is 5.12. The normalized spacial score (nSPS) is 17.5. The minimum absolute atomic E-state index is 0.312. The fraction of sp³-hybridized carbons (Fsp3) is 0.300. The molecular formula is C30H35N7O5. The zero-order chi connectivity index (χ0) is 29.6. The Labute approximate surface area is 243 Å². The van der Waals surface area contributed by atoms with Crippen molar-refractivity contribution in [3.63, 3.8) is 0 Å². The van der Waals surface area contributed by atoms with Crippen molar-refractivity contribution in [3.8, 4) is 0 Å². The molecule has 12 nitrogen and oxygen atoms in total. The van der Waals surface area contributed by atoms with E-state index in [1.165, 1.54) is 12.1 Å². The first kappa shape index (κ1) is 29.0. The summed E-state index contributed by atoms with van der Waals surface area (Å²) >= 11 is 0. The molecule has 0 spiro atoms. The molecule has 42 heavy (non-hydrogen) atoms. The van der Waals surface area contributed by atoms with Crippen LogP contribution in [0.2, 0.25) is 0 Å². The molecule has 0 saturated heterocycles. The molecule has 0 fully saturated rings. The maximum absolute atomic E-state index is 12.1. The van der Waals surface area contributed by atoms with Gasteiger partial charge in [0.1, 0.15) is 0 Å². The van der Waals surface area contributed by atoms with E-state index in [2.05, 4.69) is 21.3 Å². The van der Waals surface area contributed by atoms with Crippen LogP contribution in [-0.2, 0) is 26.2 Å². The minimum Gasteiger partial charge on any atom is -0.425 e. The second kappa shape index (κ2) is 13.0. The average Bonchev–Trinajstić information content (AvgIpc) is 2.96. The number of nitrogens with zero attached hydrogens (tertiary/aromatic N) is 7. The van der Waals surface area contributed by atoms with Crippen LogP contribution in [0.4, 0.5) is 0 Å². The predicted molar refractivity (Wildman–Crippen MR) is 155 cm³/mol. The summed E-state index contributed by atoms with van der Waals surface area (Å²) in [5, 5.41) is 32.4. The summed E-state index contributed by atoms with van der Waals surface area (Å²) in [5.41, 5.74) is 2.80. The van der Waals surface area contributed by atoms with Crippen molar-refractivity contribution in [1.82, 2.24) is 34.2 Å². The summed E-state index contributed by atoms with van der Waals surface area (Å²) in [6, 6.07) is 15.2. The third-order valence-electron chi connectivity index (χ3n) is 7.40. The maximum atomic E-state index is 12.1. The summed E-state index contributed by atoms with van der Waals surface area (Å²) in [6.07, 6.45) is 5.44. The smallest absolute Gasteiger partial charge is 0.283 e. The highest BCUT2D eigenvalue weighted by molar-refractivity contribution is 5.29. The second-order valence-corrected chi connectivity index (χ2v) is 10.5. The molecule has 2 bridgehead atoms. The first-order valence-electron chi connectivity index (χ1n) is 13.7. The molecule has 0 atom stereocenters. The van der Waals surface area contributed by atoms with Crippen LogP contribution in [0.1, 0.15) is 22.8 Å². The Hall–Kier alpha value is -4.49. The number of fused-ring (bicyclic) bond motifs is 2. The van der Waals surface area contributed by atoms with E-state index in [0.717, 1.165) is 16.5 Å². The van der Waals surface area contributed by atoms with Gasteiger partial charge in [0.2, 0.25) is 0 Å². The van der Waals surface area contributed by atoms with Crippen molar-refractivity contribution < 1.29 is 15.6 Å². The van der Waals surface area contributed by atoms with Crippen molar-refractivity contribution in [2.75, 3.05) is 32.7 Å². The van der Waals surface area contributed by atoms with Gasteiger partial charge in [0.25, 0.3) is 11.1 Å². The molecule has 2 aliphatic heterocycles. The monoisotopic (exact) mass is 573 g/mol. The van der Waals surface area contributed by atoms with Crippen LogP contribution in [0.25, 0.3) is 0 Å². The Morgan fingerprint density at radius 1 is 0.690 bits per heavy atom. The zero-order valence-corrected chi connectivity index (χ0v) is 23.3. The van der Waals surface area contributed by atoms with E-state index < -0.39 is 11.1 Å². The van der Waals surface area contributed by atoms with Crippen molar-refractivity contribution in [1.29, 1.82) is 0 Å². The Bertz CT molecular complexity index is 1610. The predicted octanol–water partition coefficient (Wildman–Crippen LogP) is 1.86. The molecule has 5 rings (SSSR count). The highest BCUT2D eigenvalue weighted by Gasteiger charge is 2.21. The topological polar surface area (TPSA) is 131 Å². The number of hydrogen-bond donors (Lipinski definition) is 3. The highest BCUT2D eigenvalue weighted by atomic mass is 16.5. The Morgan fingerprint density at radius 2 is 1.19 bits per heavy atom. The van der Waals surface area contributed by atoms with Crippen LogP contribution in [0.15, 0.2) is 100 Å². The van der Waals surface area contributed by atoms with Crippen LogP contribution in [0, 0.1) is 0 Å². The van der Waals surface area contributed by atoms with E-state index in [1.54, 1.807) is 30.3 Å². The first-order chi connectivity index (χ1) is 20.3. The standard InChI is InChI=1S/C30H35N7O5/c1-23-6-2-9-26(35(23)40)21-33-16-14-32(20-27-10-4-12-29(38)36(27)41)15-17-34(19-25-8-3-7-24(18-33)31-25)22-28-11-5-13-30(39)37(28)42/h2-13,40-42H,1,14-22H2. The van der Waals surface area contributed by atoms with Gasteiger partial charge in [-0.25, -0.2) is 5.06 Å². The SMILES string of the molecule is C=C1C=CC=C(CN2CCN(Cc3cccc(=O)n3O)CCN(Cc3cccc(=O)n3O)Cc3cccc(n3)C2)N1O. The number of pyridine rings is 3. The molecule has 0 aromatic carbocycles. The summed E-state index contributed by atoms with van der Waals surface area (Å²) in [6.45, 7) is 8.26. The zero-order valence-electron chi connectivity index (χ0n) is 23.3. The third kappa shape index (κ3) is 7.04. The van der Waals surface area contributed by atoms with Crippen molar-refractivity contribution in [2.24, 2.45) is 0 Å². The number of aromatic nitrogens is 3. The van der Waals surface area contributed by atoms with Gasteiger partial charge in [-0.3, -0.25) is 34.5 Å². The number of hydroxylamine groups is 2. The molecule has 0 aliphatic carbocycles. The lowest BCUT2D eigenvalue weighted by Crippen LogP contribution is -2.42. The quantitative estimate of drug-likeness (QED) is 0.376. The van der Waals surface area contributed by atoms with E-state index in [-0.39, 0.29) is 0 Å². The van der Waals surface area contributed by atoms with Gasteiger partial charge in [0.15, 0.2) is 0 Å². The van der Waals surface area contributed by atoms with Gasteiger partial charge in [-0.05, 0) is 36.4 Å². The van der Waals surface area contributed by atoms with E-state index in [1.807, 2.05) is 30.4 Å². The highest BCUT2D eigenvalue weighted by Crippen LogP contribution is 2.18. The van der Waals surface area contributed by atoms with E-state index >= 15 is 0 Å². The molecule has 3 aromatic heterocycles. The molecule has 0 unspecified atom stereocenters. The largest absolute Gasteiger partial charge is 0.425 e. The second-order valence-electron chi connectivity index (χ2n) is 10.5. The molecule has 2 aliphatic rings. The Kier molecular flexibility index (Phi) is 8.98. The van der Waals surface area contributed by atoms with Crippen molar-refractivity contribution >= 4 is 0 Å². The van der Waals surface area contributed by atoms with Gasteiger partial charge in [-0.1, -0.05) is 30.9 Å². The lowest BCUT2D eigenvalue weighted by molar-refractivity contribution is -0.0230. The first-order valence-corrected chi connectivity index (χ1v) is 13.7. The van der Waals surface area contributed by atoms with E-state index in [0.29, 0.717) is 91.1 Å². The molecule has 3 aromatic rings. The van der Waals surface area contributed by atoms with Gasteiger partial charge < -0.3 is 10.4 Å². The van der Waals surface area contributed by atoms with Crippen LogP contribution in [-0.4, -0.2) is 82.6 Å². The lowest BCUT2D eigenvalue weighted by Gasteiger charge is -2.33. The molecule has 5 heterocycles. The average molecular weight is 574 g/mol. The van der Waals surface area contributed by atoms with Crippen LogP contribution >= 0.6 is 0 Å². The number of allylic oxidation sites excluding steroid dienone is 3. The van der Waals surface area contributed by atoms with Crippen LogP contribution in [0.3, 0.4) is 0 Å². The molecule has 220 valence electrons. The van der Waals surface area contributed by atoms with E-state index in [4.69, 9.17) is 4.98 Å². The van der Waals surface area contributed by atoms with Gasteiger partial charge >= 0.3 is 0 Å². The van der Waals surface area contributed by atoms with Crippen molar-refractivity contribution in [2.45, 2.75) is 26.2 Å². The maximum Gasteiger partial charge on any atom is 0.283 e. The third-order valence-corrected chi connectivity index (χ3v) is 7.40. The molecule has 12 heteroatoms. The molecule has 3 N–H and O–H groups in total. The number of rotatable bonds is 6. The minimum atomic E-state index is -0.500.